The fraction of sp³-hybridized carbons (Fsp3) is 0.220. The number of amides is 1. The zero-order valence-corrected chi connectivity index (χ0v) is 28.5. The molecule has 0 aliphatic heterocycles. The second kappa shape index (κ2) is 13.6. The number of carbonyl (C=O) groups is 2. The number of carboxylic acids is 1. The molecule has 1 atom stereocenters. The Morgan fingerprint density at radius 1 is 0.902 bits per heavy atom. The maximum Gasteiger partial charge on any atom is 0.407 e. The average molecular weight is 684 g/mol. The molecule has 0 saturated heterocycles. The molecule has 1 aliphatic carbocycles. The van der Waals surface area contributed by atoms with Gasteiger partial charge < -0.3 is 29.6 Å². The Balaban J connectivity index is 1.12. The van der Waals surface area contributed by atoms with E-state index in [1.165, 1.54) is 6.07 Å². The minimum absolute atomic E-state index is 0.0380. The number of hydrogen-bond donors (Lipinski definition) is 3. The predicted octanol–water partition coefficient (Wildman–Crippen LogP) is 7.40. The standard InChI is InChI=1S/C41H37N3O7/c1-4-44(5-2)25-15-17-26-23(3)37(40(48)51-36(26)21-25)31-18-19-35(45)38-32(31)16-14-24(42-38)20-34(39(46)47)43-41(49)50-22-33-29-12-8-6-10-27(29)28-11-7-9-13-30(28)33/h6-19,21,33-34,45H,4-5,20,22H2,1-3H3,(H,43,49)(H,46,47)/t34-/m0/s1. The molecule has 3 N–H and O–H groups in total. The highest BCUT2D eigenvalue weighted by molar-refractivity contribution is 6.00. The number of fused-ring (bicyclic) bond motifs is 5. The number of hydrogen-bond acceptors (Lipinski definition) is 8. The number of pyridine rings is 1. The summed E-state index contributed by atoms with van der Waals surface area (Å²) < 4.78 is 11.4. The van der Waals surface area contributed by atoms with Crippen LogP contribution in [0.2, 0.25) is 0 Å². The molecule has 4 aromatic carbocycles. The number of rotatable bonds is 10. The number of aromatic nitrogens is 1. The third-order valence-corrected chi connectivity index (χ3v) is 9.79. The summed E-state index contributed by atoms with van der Waals surface area (Å²) in [6, 6.07) is 26.8. The topological polar surface area (TPSA) is 142 Å². The van der Waals surface area contributed by atoms with Crippen molar-refractivity contribution in [2.45, 2.75) is 39.2 Å². The van der Waals surface area contributed by atoms with Crippen molar-refractivity contribution in [2.24, 2.45) is 0 Å². The normalized spacial score (nSPS) is 12.8. The van der Waals surface area contributed by atoms with Gasteiger partial charge in [0.05, 0.1) is 5.56 Å². The highest BCUT2D eigenvalue weighted by atomic mass is 16.5. The van der Waals surface area contributed by atoms with Crippen LogP contribution in [0.25, 0.3) is 44.1 Å². The first-order valence-corrected chi connectivity index (χ1v) is 17.0. The van der Waals surface area contributed by atoms with Crippen LogP contribution in [0.15, 0.2) is 100 Å². The number of anilines is 1. The van der Waals surface area contributed by atoms with Crippen LogP contribution in [-0.4, -0.2) is 53.0 Å². The Morgan fingerprint density at radius 2 is 1.57 bits per heavy atom. The third kappa shape index (κ3) is 6.14. The van der Waals surface area contributed by atoms with Gasteiger partial charge in [-0.05, 0) is 84.5 Å². The van der Waals surface area contributed by atoms with Crippen LogP contribution in [0.3, 0.4) is 0 Å². The van der Waals surface area contributed by atoms with Gasteiger partial charge in [-0.3, -0.25) is 0 Å². The Hall–Kier alpha value is -6.16. The van der Waals surface area contributed by atoms with E-state index in [1.807, 2.05) is 73.7 Å². The Morgan fingerprint density at radius 3 is 2.24 bits per heavy atom. The molecule has 0 spiro atoms. The van der Waals surface area contributed by atoms with Crippen LogP contribution in [0, 0.1) is 6.92 Å². The fourth-order valence-electron chi connectivity index (χ4n) is 7.21. The van der Waals surface area contributed by atoms with E-state index >= 15 is 0 Å². The number of aliphatic carboxylic acids is 1. The summed E-state index contributed by atoms with van der Waals surface area (Å²) >= 11 is 0. The van der Waals surface area contributed by atoms with E-state index in [1.54, 1.807) is 18.2 Å². The quantitative estimate of drug-likeness (QED) is 0.126. The number of aryl methyl sites for hydroxylation is 1. The first-order valence-electron chi connectivity index (χ1n) is 17.0. The number of phenols is 1. The summed E-state index contributed by atoms with van der Waals surface area (Å²) in [7, 11) is 0. The van der Waals surface area contributed by atoms with Gasteiger partial charge >= 0.3 is 17.7 Å². The molecular formula is C41H37N3O7. The van der Waals surface area contributed by atoms with E-state index in [0.717, 1.165) is 52.0 Å². The summed E-state index contributed by atoms with van der Waals surface area (Å²) in [6.45, 7) is 7.66. The maximum atomic E-state index is 13.5. The maximum absolute atomic E-state index is 13.5. The molecule has 10 heteroatoms. The lowest BCUT2D eigenvalue weighted by atomic mass is 9.95. The molecule has 6 aromatic rings. The van der Waals surface area contributed by atoms with Crippen molar-refractivity contribution < 1.29 is 29.0 Å². The van der Waals surface area contributed by atoms with Gasteiger partial charge in [-0.1, -0.05) is 54.6 Å². The number of nitrogens with one attached hydrogen (secondary N) is 1. The molecule has 258 valence electrons. The lowest BCUT2D eigenvalue weighted by Crippen LogP contribution is -2.43. The van der Waals surface area contributed by atoms with Crippen molar-refractivity contribution in [2.75, 3.05) is 24.6 Å². The molecule has 1 amide bonds. The number of carboxylic acid groups (broad SMARTS) is 1. The molecule has 7 rings (SSSR count). The summed E-state index contributed by atoms with van der Waals surface area (Å²) in [5, 5.41) is 24.6. The number of benzene rings is 4. The van der Waals surface area contributed by atoms with E-state index in [2.05, 4.69) is 29.0 Å². The first-order chi connectivity index (χ1) is 24.7. The molecule has 0 saturated carbocycles. The summed E-state index contributed by atoms with van der Waals surface area (Å²) in [6.07, 6.45) is -1.04. The van der Waals surface area contributed by atoms with Gasteiger partial charge in [-0.15, -0.1) is 0 Å². The van der Waals surface area contributed by atoms with Crippen LogP contribution in [0.4, 0.5) is 10.5 Å². The molecular weight excluding hydrogens is 646 g/mol. The van der Waals surface area contributed by atoms with Crippen LogP contribution in [-0.2, 0) is 16.0 Å². The fourth-order valence-corrected chi connectivity index (χ4v) is 7.21. The molecule has 0 fully saturated rings. The number of nitrogens with zero attached hydrogens (tertiary/aromatic N) is 2. The molecule has 2 aromatic heterocycles. The van der Waals surface area contributed by atoms with Gasteiger partial charge in [0.25, 0.3) is 0 Å². The van der Waals surface area contributed by atoms with Crippen LogP contribution >= 0.6 is 0 Å². The number of phenolic OH excluding ortho intramolecular Hbond substituents is 1. The van der Waals surface area contributed by atoms with Crippen molar-refractivity contribution in [1.29, 1.82) is 0 Å². The SMILES string of the molecule is CCN(CC)c1ccc2c(C)c(-c3ccc(O)c4nc(C[C@H](NC(=O)OCC5c6ccccc6-c6ccccc65)C(=O)O)ccc34)c(=O)oc2c1. The molecule has 1 aliphatic rings. The number of carbonyl (C=O) groups excluding carboxylic acids is 1. The van der Waals surface area contributed by atoms with Gasteiger partial charge in [-0.2, -0.15) is 0 Å². The minimum Gasteiger partial charge on any atom is -0.506 e. The van der Waals surface area contributed by atoms with E-state index in [0.29, 0.717) is 27.8 Å². The Bertz CT molecular complexity index is 2340. The van der Waals surface area contributed by atoms with E-state index in [9.17, 15) is 24.6 Å². The molecule has 0 radical (unpaired) electrons. The monoisotopic (exact) mass is 683 g/mol. The predicted molar refractivity (Wildman–Crippen MR) is 197 cm³/mol. The first kappa shape index (κ1) is 33.3. The lowest BCUT2D eigenvalue weighted by molar-refractivity contribution is -0.139. The van der Waals surface area contributed by atoms with Gasteiger partial charge in [-0.25, -0.2) is 19.4 Å². The largest absolute Gasteiger partial charge is 0.506 e. The van der Waals surface area contributed by atoms with E-state index in [-0.39, 0.29) is 30.2 Å². The second-order valence-electron chi connectivity index (χ2n) is 12.6. The number of ether oxygens (including phenoxy) is 1. The summed E-state index contributed by atoms with van der Waals surface area (Å²) in [4.78, 5) is 45.4. The molecule has 10 nitrogen and oxygen atoms in total. The molecule has 51 heavy (non-hydrogen) atoms. The Labute approximate surface area is 293 Å². The number of alkyl carbamates (subject to hydrolysis) is 1. The van der Waals surface area contributed by atoms with Crippen LogP contribution in [0.1, 0.15) is 42.1 Å². The van der Waals surface area contributed by atoms with Gasteiger partial charge in [0.2, 0.25) is 0 Å². The lowest BCUT2D eigenvalue weighted by Gasteiger charge is -2.21. The van der Waals surface area contributed by atoms with E-state index < -0.39 is 23.7 Å². The average Bonchev–Trinajstić information content (AvgIpc) is 3.45. The highest BCUT2D eigenvalue weighted by Crippen LogP contribution is 2.44. The molecule has 2 heterocycles. The smallest absolute Gasteiger partial charge is 0.407 e. The van der Waals surface area contributed by atoms with E-state index in [4.69, 9.17) is 9.15 Å². The Kier molecular flexibility index (Phi) is 8.91. The summed E-state index contributed by atoms with van der Waals surface area (Å²) in [5.41, 5.74) is 7.27. The van der Waals surface area contributed by atoms with Crippen molar-refractivity contribution in [3.8, 4) is 28.0 Å². The van der Waals surface area contributed by atoms with Gasteiger partial charge in [0.1, 0.15) is 29.5 Å². The van der Waals surface area contributed by atoms with Crippen molar-refractivity contribution in [1.82, 2.24) is 10.3 Å². The van der Waals surface area contributed by atoms with Crippen molar-refractivity contribution >= 4 is 39.6 Å². The van der Waals surface area contributed by atoms with Gasteiger partial charge in [0, 0.05) is 53.6 Å². The van der Waals surface area contributed by atoms with Crippen molar-refractivity contribution in [3.63, 3.8) is 0 Å². The zero-order valence-electron chi connectivity index (χ0n) is 28.5. The second-order valence-corrected chi connectivity index (χ2v) is 12.6. The summed E-state index contributed by atoms with van der Waals surface area (Å²) in [5.74, 6) is -1.58. The third-order valence-electron chi connectivity index (χ3n) is 9.79. The zero-order chi connectivity index (χ0) is 35.8. The van der Waals surface area contributed by atoms with Gasteiger partial charge in [0.15, 0.2) is 0 Å². The highest BCUT2D eigenvalue weighted by Gasteiger charge is 2.30. The molecule has 0 unspecified atom stereocenters. The number of aromatic hydroxyl groups is 1. The minimum atomic E-state index is -1.35. The van der Waals surface area contributed by atoms with Crippen LogP contribution in [0.5, 0.6) is 5.75 Å². The molecule has 0 bridgehead atoms. The van der Waals surface area contributed by atoms with Crippen LogP contribution < -0.4 is 15.8 Å². The van der Waals surface area contributed by atoms with Crippen molar-refractivity contribution in [3.05, 3.63) is 124 Å².